The van der Waals surface area contributed by atoms with Gasteiger partial charge in [0.2, 0.25) is 5.88 Å². The van der Waals surface area contributed by atoms with Gasteiger partial charge in [-0.05, 0) is 58.1 Å². The summed E-state index contributed by atoms with van der Waals surface area (Å²) < 4.78 is 5.76. The molecular weight excluding hydrogens is 212 g/mol. The number of ether oxygens (including phenoxy) is 1. The summed E-state index contributed by atoms with van der Waals surface area (Å²) >= 11 is 0. The molecule has 0 N–H and O–H groups in total. The van der Waals surface area contributed by atoms with Gasteiger partial charge < -0.3 is 4.74 Å². The summed E-state index contributed by atoms with van der Waals surface area (Å²) in [6.07, 6.45) is 4.41. The van der Waals surface area contributed by atoms with Crippen LogP contribution in [0.4, 0.5) is 0 Å². The topological polar surface area (TPSA) is 45.9 Å². The van der Waals surface area contributed by atoms with Crippen LogP contribution in [0.5, 0.6) is 5.88 Å². The van der Waals surface area contributed by atoms with Gasteiger partial charge in [0.15, 0.2) is 0 Å². The zero-order valence-corrected chi connectivity index (χ0v) is 10.7. The number of aromatic nitrogens is 1. The first-order valence-corrected chi connectivity index (χ1v) is 6.11. The third-order valence-electron chi connectivity index (χ3n) is 2.79. The first-order valence-electron chi connectivity index (χ1n) is 6.11. The number of nitriles is 1. The summed E-state index contributed by atoms with van der Waals surface area (Å²) in [4.78, 5) is 4.52. The summed E-state index contributed by atoms with van der Waals surface area (Å²) in [5.41, 5.74) is 2.56. The lowest BCUT2D eigenvalue weighted by Gasteiger charge is -2.23. The molecule has 2 rings (SSSR count). The van der Waals surface area contributed by atoms with Gasteiger partial charge >= 0.3 is 0 Å². The summed E-state index contributed by atoms with van der Waals surface area (Å²) in [6.45, 7) is 5.90. The molecule has 0 radical (unpaired) electrons. The molecule has 1 aromatic rings. The summed E-state index contributed by atoms with van der Waals surface area (Å²) in [6, 6.07) is 4.13. The number of fused-ring (bicyclic) bond motifs is 1. The second-order valence-electron chi connectivity index (χ2n) is 5.48. The molecule has 0 bridgehead atoms. The van der Waals surface area contributed by atoms with Crippen LogP contribution in [0.1, 0.15) is 50.4 Å². The summed E-state index contributed by atoms with van der Waals surface area (Å²) in [7, 11) is 0. The van der Waals surface area contributed by atoms with Crippen molar-refractivity contribution in [1.82, 2.24) is 4.98 Å². The van der Waals surface area contributed by atoms with Gasteiger partial charge in [-0.3, -0.25) is 0 Å². The van der Waals surface area contributed by atoms with E-state index in [9.17, 15) is 0 Å². The maximum absolute atomic E-state index is 9.15. The normalized spacial score (nSPS) is 14.9. The van der Waals surface area contributed by atoms with Crippen LogP contribution in [0.25, 0.3) is 0 Å². The Bertz CT molecular complexity index is 466. The number of rotatable bonds is 1. The lowest BCUT2D eigenvalue weighted by atomic mass is 9.95. The maximum Gasteiger partial charge on any atom is 0.232 e. The molecule has 0 spiro atoms. The van der Waals surface area contributed by atoms with E-state index in [1.165, 1.54) is 18.4 Å². The highest BCUT2D eigenvalue weighted by Gasteiger charge is 2.20. The van der Waals surface area contributed by atoms with Crippen LogP contribution in [-0.4, -0.2) is 10.6 Å². The Balaban J connectivity index is 2.41. The largest absolute Gasteiger partial charge is 0.471 e. The van der Waals surface area contributed by atoms with Crippen LogP contribution in [0.3, 0.4) is 0 Å². The second kappa shape index (κ2) is 4.37. The molecule has 0 saturated carbocycles. The fourth-order valence-corrected chi connectivity index (χ4v) is 2.06. The van der Waals surface area contributed by atoms with Crippen LogP contribution in [0, 0.1) is 11.3 Å². The number of pyridine rings is 1. The SMILES string of the molecule is CC(C)(C)Oc1nc2c(cc1C#N)CCCC2. The van der Waals surface area contributed by atoms with Gasteiger partial charge in [-0.1, -0.05) is 0 Å². The highest BCUT2D eigenvalue weighted by molar-refractivity contribution is 5.43. The third kappa shape index (κ3) is 2.76. The van der Waals surface area contributed by atoms with Gasteiger partial charge in [-0.15, -0.1) is 0 Å². The minimum absolute atomic E-state index is 0.318. The first kappa shape index (κ1) is 11.9. The molecule has 1 aliphatic rings. The van der Waals surface area contributed by atoms with Gasteiger partial charge in [0, 0.05) is 5.69 Å². The number of hydrogen-bond acceptors (Lipinski definition) is 3. The second-order valence-corrected chi connectivity index (χ2v) is 5.48. The Labute approximate surface area is 102 Å². The Kier molecular flexibility index (Phi) is 3.06. The molecule has 0 aromatic carbocycles. The lowest BCUT2D eigenvalue weighted by molar-refractivity contribution is 0.123. The monoisotopic (exact) mass is 230 g/mol. The van der Waals surface area contributed by atoms with Crippen LogP contribution in [0.15, 0.2) is 6.07 Å². The Morgan fingerprint density at radius 3 is 2.65 bits per heavy atom. The van der Waals surface area contributed by atoms with E-state index in [4.69, 9.17) is 10.00 Å². The van der Waals surface area contributed by atoms with Gasteiger partial charge in [0.25, 0.3) is 0 Å². The van der Waals surface area contributed by atoms with Crippen molar-refractivity contribution >= 4 is 0 Å². The lowest BCUT2D eigenvalue weighted by Crippen LogP contribution is -2.24. The van der Waals surface area contributed by atoms with Crippen molar-refractivity contribution in [2.75, 3.05) is 0 Å². The molecule has 3 nitrogen and oxygen atoms in total. The first-order chi connectivity index (χ1) is 7.99. The quantitative estimate of drug-likeness (QED) is 0.745. The van der Waals surface area contributed by atoms with E-state index in [1.54, 1.807) is 0 Å². The Morgan fingerprint density at radius 1 is 1.29 bits per heavy atom. The van der Waals surface area contributed by atoms with Crippen molar-refractivity contribution in [1.29, 1.82) is 5.26 Å². The molecule has 1 heterocycles. The van der Waals surface area contributed by atoms with E-state index in [-0.39, 0.29) is 5.60 Å². The van der Waals surface area contributed by atoms with E-state index in [0.29, 0.717) is 11.4 Å². The molecule has 90 valence electrons. The van der Waals surface area contributed by atoms with Gasteiger partial charge in [-0.25, -0.2) is 4.98 Å². The average molecular weight is 230 g/mol. The summed E-state index contributed by atoms with van der Waals surface area (Å²) in [5, 5.41) is 9.15. The molecule has 0 amide bonds. The molecule has 0 atom stereocenters. The minimum atomic E-state index is -0.318. The van der Waals surface area contributed by atoms with Gasteiger partial charge in [-0.2, -0.15) is 5.26 Å². The standard InChI is InChI=1S/C14H18N2O/c1-14(2,3)17-13-11(9-15)8-10-6-4-5-7-12(10)16-13/h8H,4-7H2,1-3H3. The van der Waals surface area contributed by atoms with Crippen LogP contribution >= 0.6 is 0 Å². The molecule has 1 aromatic heterocycles. The highest BCUT2D eigenvalue weighted by atomic mass is 16.5. The number of aryl methyl sites for hydroxylation is 2. The Morgan fingerprint density at radius 2 is 2.00 bits per heavy atom. The zero-order chi connectivity index (χ0) is 12.5. The molecule has 0 aliphatic heterocycles. The number of nitrogens with zero attached hydrogens (tertiary/aromatic N) is 2. The molecule has 0 unspecified atom stereocenters. The van der Waals surface area contributed by atoms with E-state index in [1.807, 2.05) is 26.8 Å². The molecule has 3 heteroatoms. The fraction of sp³-hybridized carbons (Fsp3) is 0.571. The third-order valence-corrected chi connectivity index (χ3v) is 2.79. The van der Waals surface area contributed by atoms with E-state index >= 15 is 0 Å². The van der Waals surface area contributed by atoms with E-state index < -0.39 is 0 Å². The van der Waals surface area contributed by atoms with Crippen LogP contribution < -0.4 is 4.74 Å². The predicted molar refractivity (Wildman–Crippen MR) is 66.0 cm³/mol. The Hall–Kier alpha value is -1.56. The minimum Gasteiger partial charge on any atom is -0.471 e. The zero-order valence-electron chi connectivity index (χ0n) is 10.7. The van der Waals surface area contributed by atoms with Crippen molar-refractivity contribution < 1.29 is 4.74 Å². The van der Waals surface area contributed by atoms with Crippen LogP contribution in [-0.2, 0) is 12.8 Å². The average Bonchev–Trinajstić information content (AvgIpc) is 2.26. The highest BCUT2D eigenvalue weighted by Crippen LogP contribution is 2.27. The molecule has 0 fully saturated rings. The molecule has 0 saturated heterocycles. The van der Waals surface area contributed by atoms with Crippen molar-refractivity contribution in [3.8, 4) is 11.9 Å². The van der Waals surface area contributed by atoms with E-state index in [0.717, 1.165) is 18.5 Å². The fourth-order valence-electron chi connectivity index (χ4n) is 2.06. The molecule has 17 heavy (non-hydrogen) atoms. The predicted octanol–water partition coefficient (Wildman–Crippen LogP) is 3.01. The summed E-state index contributed by atoms with van der Waals surface area (Å²) in [5.74, 6) is 0.487. The van der Waals surface area contributed by atoms with Crippen molar-refractivity contribution in [3.63, 3.8) is 0 Å². The van der Waals surface area contributed by atoms with Crippen LogP contribution in [0.2, 0.25) is 0 Å². The number of hydrogen-bond donors (Lipinski definition) is 0. The molecule has 1 aliphatic carbocycles. The molecular formula is C14H18N2O. The van der Waals surface area contributed by atoms with Crippen molar-refractivity contribution in [3.05, 3.63) is 22.9 Å². The van der Waals surface area contributed by atoms with Gasteiger partial charge in [0.05, 0.1) is 0 Å². The smallest absolute Gasteiger partial charge is 0.232 e. The van der Waals surface area contributed by atoms with E-state index in [2.05, 4.69) is 11.1 Å². The maximum atomic E-state index is 9.15. The van der Waals surface area contributed by atoms with Crippen molar-refractivity contribution in [2.45, 2.75) is 52.1 Å². The van der Waals surface area contributed by atoms with Gasteiger partial charge in [0.1, 0.15) is 17.2 Å². The van der Waals surface area contributed by atoms with Crippen molar-refractivity contribution in [2.24, 2.45) is 0 Å².